The zero-order chi connectivity index (χ0) is 26.5. The molecule has 198 valence electrons. The second-order valence-electron chi connectivity index (χ2n) is 10.4. The van der Waals surface area contributed by atoms with E-state index in [4.69, 9.17) is 4.74 Å². The van der Waals surface area contributed by atoms with Crippen LogP contribution < -0.4 is 10.9 Å². The van der Waals surface area contributed by atoms with Crippen LogP contribution in [0.3, 0.4) is 0 Å². The van der Waals surface area contributed by atoms with Crippen LogP contribution >= 0.6 is 0 Å². The third-order valence-electron chi connectivity index (χ3n) is 7.37. The third kappa shape index (κ3) is 6.13. The van der Waals surface area contributed by atoms with Crippen molar-refractivity contribution in [2.45, 2.75) is 43.9 Å². The fourth-order valence-electron chi connectivity index (χ4n) is 4.97. The lowest BCUT2D eigenvalue weighted by molar-refractivity contribution is -0.223. The molecular weight excluding hydrogens is 483 g/mol. The van der Waals surface area contributed by atoms with E-state index in [2.05, 4.69) is 56.3 Å². The molecule has 2 saturated heterocycles. The van der Waals surface area contributed by atoms with Crippen molar-refractivity contribution in [3.8, 4) is 17.6 Å². The minimum Gasteiger partial charge on any atom is -0.502 e. The first-order valence-electron chi connectivity index (χ1n) is 13.1. The van der Waals surface area contributed by atoms with Gasteiger partial charge in [0.1, 0.15) is 6.67 Å². The van der Waals surface area contributed by atoms with E-state index >= 15 is 0 Å². The van der Waals surface area contributed by atoms with E-state index in [1.165, 1.54) is 18.3 Å². The first-order chi connectivity index (χ1) is 18.4. The standard InChI is InChI=1S/C30H33FN4O3/c1-21(15-31)32-16-26(14-27-28(36)29(37)34-20-33-27)25-10-8-23(9-11-25)3-2-22-4-6-24(7-5-22)17-35-18-30(19-35)12-13-38-30/h4-11,20-21,26,32,36H,12-19H2,1H3,(H,33,34,37)/t21-,26+/m0/s1. The number of halogens is 1. The Hall–Kier alpha value is -3.51. The topological polar surface area (TPSA) is 90.5 Å². The number of hydrogen-bond acceptors (Lipinski definition) is 6. The summed E-state index contributed by atoms with van der Waals surface area (Å²) < 4.78 is 18.7. The highest BCUT2D eigenvalue weighted by Gasteiger charge is 2.48. The Labute approximate surface area is 222 Å². The molecule has 2 aliphatic heterocycles. The number of likely N-dealkylation sites (tertiary alicyclic amines) is 1. The second-order valence-corrected chi connectivity index (χ2v) is 10.4. The molecule has 0 radical (unpaired) electrons. The maximum absolute atomic E-state index is 13.0. The Morgan fingerprint density at radius 2 is 1.82 bits per heavy atom. The number of benzene rings is 2. The van der Waals surface area contributed by atoms with Gasteiger partial charge in [-0.3, -0.25) is 9.69 Å². The predicted molar refractivity (Wildman–Crippen MR) is 144 cm³/mol. The third-order valence-corrected chi connectivity index (χ3v) is 7.37. The normalized spacial score (nSPS) is 17.6. The fourth-order valence-corrected chi connectivity index (χ4v) is 4.97. The van der Waals surface area contributed by atoms with Gasteiger partial charge in [0.2, 0.25) is 5.75 Å². The van der Waals surface area contributed by atoms with Crippen molar-refractivity contribution >= 4 is 0 Å². The number of aromatic amines is 1. The van der Waals surface area contributed by atoms with Gasteiger partial charge < -0.3 is 20.1 Å². The number of nitrogens with zero attached hydrogens (tertiary/aromatic N) is 2. The molecule has 3 N–H and O–H groups in total. The molecule has 0 unspecified atom stereocenters. The number of aromatic nitrogens is 2. The lowest BCUT2D eigenvalue weighted by Gasteiger charge is -2.55. The first kappa shape index (κ1) is 26.1. The minimum atomic E-state index is -0.574. The molecule has 5 rings (SSSR count). The van der Waals surface area contributed by atoms with Crippen LogP contribution in [0.2, 0.25) is 0 Å². The van der Waals surface area contributed by atoms with Gasteiger partial charge in [0.25, 0.3) is 5.56 Å². The molecule has 0 bridgehead atoms. The van der Waals surface area contributed by atoms with Crippen LogP contribution in [0.1, 0.15) is 47.2 Å². The highest BCUT2D eigenvalue weighted by atomic mass is 19.1. The monoisotopic (exact) mass is 516 g/mol. The maximum Gasteiger partial charge on any atom is 0.293 e. The SMILES string of the molecule is C[C@@H](CF)NC[C@@H](Cc1nc[nH]c(=O)c1O)c1ccc(C#Cc2ccc(CN3CC4(CCO4)C3)cc2)cc1. The fraction of sp³-hybridized carbons (Fsp3) is 0.400. The summed E-state index contributed by atoms with van der Waals surface area (Å²) in [6, 6.07) is 16.0. The number of nitrogens with one attached hydrogen (secondary N) is 2. The van der Waals surface area contributed by atoms with Crippen LogP contribution in [0.25, 0.3) is 0 Å². The molecule has 3 heterocycles. The van der Waals surface area contributed by atoms with Gasteiger partial charge in [0, 0.05) is 62.1 Å². The summed E-state index contributed by atoms with van der Waals surface area (Å²) in [4.78, 5) is 20.7. The van der Waals surface area contributed by atoms with Crippen LogP contribution in [0, 0.1) is 11.8 Å². The molecule has 0 amide bonds. The molecule has 1 spiro atoms. The van der Waals surface area contributed by atoms with Crippen molar-refractivity contribution in [1.82, 2.24) is 20.2 Å². The summed E-state index contributed by atoms with van der Waals surface area (Å²) in [7, 11) is 0. The van der Waals surface area contributed by atoms with Crippen LogP contribution in [0.15, 0.2) is 59.7 Å². The molecule has 0 aliphatic carbocycles. The Balaban J connectivity index is 1.22. The van der Waals surface area contributed by atoms with Gasteiger partial charge in [-0.1, -0.05) is 36.1 Å². The van der Waals surface area contributed by atoms with Gasteiger partial charge in [-0.2, -0.15) is 0 Å². The van der Waals surface area contributed by atoms with Crippen LogP contribution in [0.5, 0.6) is 5.75 Å². The molecule has 3 aromatic rings. The van der Waals surface area contributed by atoms with E-state index in [0.717, 1.165) is 42.9 Å². The molecule has 2 atom stereocenters. The lowest BCUT2D eigenvalue weighted by Crippen LogP contribution is -2.67. The van der Waals surface area contributed by atoms with Crippen molar-refractivity contribution in [3.05, 3.63) is 93.2 Å². The number of alkyl halides is 1. The quantitative estimate of drug-likeness (QED) is 0.379. The van der Waals surface area contributed by atoms with Crippen molar-refractivity contribution in [2.24, 2.45) is 0 Å². The minimum absolute atomic E-state index is 0.115. The van der Waals surface area contributed by atoms with Gasteiger partial charge >= 0.3 is 0 Å². The summed E-state index contributed by atoms with van der Waals surface area (Å²) in [6.45, 7) is 5.65. The Kier molecular flexibility index (Phi) is 7.89. The van der Waals surface area contributed by atoms with Crippen LogP contribution in [0.4, 0.5) is 4.39 Å². The zero-order valence-electron chi connectivity index (χ0n) is 21.5. The van der Waals surface area contributed by atoms with Gasteiger partial charge in [0.05, 0.1) is 24.2 Å². The summed E-state index contributed by atoms with van der Waals surface area (Å²) in [5.74, 6) is 5.95. The van der Waals surface area contributed by atoms with Crippen molar-refractivity contribution < 1.29 is 14.2 Å². The molecule has 0 saturated carbocycles. The predicted octanol–water partition coefficient (Wildman–Crippen LogP) is 3.12. The molecular formula is C30H33FN4O3. The second kappa shape index (κ2) is 11.5. The molecule has 1 aromatic heterocycles. The molecule has 8 heteroatoms. The molecule has 7 nitrogen and oxygen atoms in total. The smallest absolute Gasteiger partial charge is 0.293 e. The van der Waals surface area contributed by atoms with E-state index in [0.29, 0.717) is 18.7 Å². The van der Waals surface area contributed by atoms with Crippen LogP contribution in [-0.2, 0) is 17.7 Å². The highest BCUT2D eigenvalue weighted by Crippen LogP contribution is 2.36. The van der Waals surface area contributed by atoms with Gasteiger partial charge in [0.15, 0.2) is 0 Å². The van der Waals surface area contributed by atoms with Crippen molar-refractivity contribution in [3.63, 3.8) is 0 Å². The van der Waals surface area contributed by atoms with Crippen LogP contribution in [-0.4, -0.2) is 64.5 Å². The molecule has 2 fully saturated rings. The summed E-state index contributed by atoms with van der Waals surface area (Å²) >= 11 is 0. The Morgan fingerprint density at radius 3 is 2.42 bits per heavy atom. The number of rotatable bonds is 9. The van der Waals surface area contributed by atoms with Gasteiger partial charge in [-0.15, -0.1) is 0 Å². The first-order valence-corrected chi connectivity index (χ1v) is 13.1. The highest BCUT2D eigenvalue weighted by molar-refractivity contribution is 5.44. The Bertz CT molecular complexity index is 1350. The number of ether oxygens (including phenoxy) is 1. The largest absolute Gasteiger partial charge is 0.502 e. The van der Waals surface area contributed by atoms with E-state index in [-0.39, 0.29) is 23.3 Å². The van der Waals surface area contributed by atoms with Gasteiger partial charge in [-0.25, -0.2) is 9.37 Å². The number of aromatic hydroxyl groups is 1. The summed E-state index contributed by atoms with van der Waals surface area (Å²) in [6.07, 6.45) is 2.80. The van der Waals surface area contributed by atoms with Crippen molar-refractivity contribution in [1.29, 1.82) is 0 Å². The van der Waals surface area contributed by atoms with E-state index in [9.17, 15) is 14.3 Å². The number of hydrogen-bond donors (Lipinski definition) is 3. The molecule has 2 aromatic carbocycles. The van der Waals surface area contributed by atoms with Gasteiger partial charge in [-0.05, 0) is 42.3 Å². The number of H-pyrrole nitrogens is 1. The Morgan fingerprint density at radius 1 is 1.16 bits per heavy atom. The van der Waals surface area contributed by atoms with E-state index in [1.807, 2.05) is 24.3 Å². The maximum atomic E-state index is 13.0. The van der Waals surface area contributed by atoms with Crippen molar-refractivity contribution in [2.75, 3.05) is 32.9 Å². The molecule has 38 heavy (non-hydrogen) atoms. The lowest BCUT2D eigenvalue weighted by atomic mass is 9.86. The summed E-state index contributed by atoms with van der Waals surface area (Å²) in [5, 5.41) is 13.3. The average molecular weight is 517 g/mol. The summed E-state index contributed by atoms with van der Waals surface area (Å²) in [5.41, 5.74) is 3.99. The average Bonchev–Trinajstić information content (AvgIpc) is 2.89. The molecule has 2 aliphatic rings. The van der Waals surface area contributed by atoms with E-state index < -0.39 is 12.2 Å². The zero-order valence-corrected chi connectivity index (χ0v) is 21.5. The van der Waals surface area contributed by atoms with E-state index in [1.54, 1.807) is 6.92 Å².